The van der Waals surface area contributed by atoms with Crippen molar-refractivity contribution < 1.29 is 31.5 Å². The van der Waals surface area contributed by atoms with Crippen molar-refractivity contribution in [3.05, 3.63) is 65.9 Å². The second kappa shape index (κ2) is 9.82. The first-order chi connectivity index (χ1) is 16.2. The molecule has 1 saturated carbocycles. The molecule has 5 nitrogen and oxygen atoms in total. The summed E-state index contributed by atoms with van der Waals surface area (Å²) >= 11 is 0. The molecule has 0 unspecified atom stereocenters. The van der Waals surface area contributed by atoms with Gasteiger partial charge in [-0.15, -0.1) is 0 Å². The standard InChI is InChI=1S/C24H22F5N3O2/c25-23(26)34-20-8-4-2-6-17(20)22(33)31-15-11-9-14(10-12-15)30-19-13-21(24(27,28)29)32-18-7-3-1-5-16(18)19/h1-8,13-15,23H,9-12H2,(H,30,32)(H,31,33). The SMILES string of the molecule is O=C(NC1CCC(Nc2cc(C(F)(F)F)nc3ccccc23)CC1)c1ccccc1OC(F)F. The Kier molecular flexibility index (Phi) is 6.85. The summed E-state index contributed by atoms with van der Waals surface area (Å²) in [6, 6.07) is 13.1. The lowest BCUT2D eigenvalue weighted by Gasteiger charge is -2.31. The number of carbonyl (C=O) groups is 1. The van der Waals surface area contributed by atoms with Gasteiger partial charge in [-0.05, 0) is 49.9 Å². The molecule has 0 radical (unpaired) electrons. The van der Waals surface area contributed by atoms with Crippen molar-refractivity contribution in [3.8, 4) is 5.75 Å². The highest BCUT2D eigenvalue weighted by Crippen LogP contribution is 2.34. The third-order valence-corrected chi connectivity index (χ3v) is 5.78. The van der Waals surface area contributed by atoms with Gasteiger partial charge >= 0.3 is 12.8 Å². The number of fused-ring (bicyclic) bond motifs is 1. The number of rotatable bonds is 6. The average molecular weight is 479 g/mol. The van der Waals surface area contributed by atoms with Crippen LogP contribution in [0.25, 0.3) is 10.9 Å². The smallest absolute Gasteiger partial charge is 0.433 e. The maximum Gasteiger partial charge on any atom is 0.433 e. The highest BCUT2D eigenvalue weighted by molar-refractivity contribution is 5.97. The lowest BCUT2D eigenvalue weighted by atomic mass is 9.90. The molecule has 1 heterocycles. The van der Waals surface area contributed by atoms with Crippen LogP contribution in [0.1, 0.15) is 41.7 Å². The maximum absolute atomic E-state index is 13.3. The Morgan fingerprint density at radius 1 is 0.971 bits per heavy atom. The van der Waals surface area contributed by atoms with Crippen LogP contribution >= 0.6 is 0 Å². The highest BCUT2D eigenvalue weighted by Gasteiger charge is 2.34. The summed E-state index contributed by atoms with van der Waals surface area (Å²) < 4.78 is 69.5. The van der Waals surface area contributed by atoms with Gasteiger partial charge in [-0.3, -0.25) is 4.79 Å². The number of aromatic nitrogens is 1. The van der Waals surface area contributed by atoms with Crippen molar-refractivity contribution >= 4 is 22.5 Å². The fourth-order valence-electron chi connectivity index (χ4n) is 4.16. The molecule has 0 saturated heterocycles. The molecule has 1 fully saturated rings. The zero-order chi connectivity index (χ0) is 24.3. The predicted octanol–water partition coefficient (Wildman–Crippen LogP) is 6.01. The number of benzene rings is 2. The van der Waals surface area contributed by atoms with Gasteiger partial charge in [0.2, 0.25) is 0 Å². The number of hydrogen-bond acceptors (Lipinski definition) is 4. The minimum Gasteiger partial charge on any atom is -0.434 e. The molecular formula is C24H22F5N3O2. The molecule has 180 valence electrons. The summed E-state index contributed by atoms with van der Waals surface area (Å²) in [5.41, 5.74) is -0.320. The summed E-state index contributed by atoms with van der Waals surface area (Å²) in [7, 11) is 0. The quantitative estimate of drug-likeness (QED) is 0.425. The van der Waals surface area contributed by atoms with Gasteiger partial charge in [0, 0.05) is 23.2 Å². The Balaban J connectivity index is 1.41. The number of halogens is 5. The Bertz CT molecular complexity index is 1160. The number of carbonyl (C=O) groups excluding carboxylic acids is 1. The van der Waals surface area contributed by atoms with Gasteiger partial charge < -0.3 is 15.4 Å². The number of anilines is 1. The molecule has 2 N–H and O–H groups in total. The molecule has 0 spiro atoms. The van der Waals surface area contributed by atoms with Gasteiger partial charge in [0.1, 0.15) is 11.4 Å². The molecule has 2 aromatic carbocycles. The fraction of sp³-hybridized carbons (Fsp3) is 0.333. The van der Waals surface area contributed by atoms with Crippen LogP contribution in [0.5, 0.6) is 5.75 Å². The summed E-state index contributed by atoms with van der Waals surface area (Å²) in [6.45, 7) is -3.04. The topological polar surface area (TPSA) is 63.2 Å². The van der Waals surface area contributed by atoms with Crippen LogP contribution in [0.2, 0.25) is 0 Å². The number of amides is 1. The van der Waals surface area contributed by atoms with Crippen LogP contribution in [0, 0.1) is 0 Å². The van der Waals surface area contributed by atoms with Crippen LogP contribution in [0.3, 0.4) is 0 Å². The number of para-hydroxylation sites is 2. The average Bonchev–Trinajstić information content (AvgIpc) is 2.79. The van der Waals surface area contributed by atoms with Crippen molar-refractivity contribution in [2.45, 2.75) is 50.6 Å². The van der Waals surface area contributed by atoms with Crippen molar-refractivity contribution in [3.63, 3.8) is 0 Å². The Morgan fingerprint density at radius 3 is 2.32 bits per heavy atom. The van der Waals surface area contributed by atoms with Crippen molar-refractivity contribution in [2.24, 2.45) is 0 Å². The van der Waals surface area contributed by atoms with E-state index in [1.807, 2.05) is 0 Å². The maximum atomic E-state index is 13.3. The van der Waals surface area contributed by atoms with Crippen LogP contribution < -0.4 is 15.4 Å². The van der Waals surface area contributed by atoms with Gasteiger partial charge in [-0.25, -0.2) is 4.98 Å². The molecule has 0 atom stereocenters. The lowest BCUT2D eigenvalue weighted by Crippen LogP contribution is -2.40. The number of nitrogens with one attached hydrogen (secondary N) is 2. The number of hydrogen-bond donors (Lipinski definition) is 2. The molecule has 1 amide bonds. The van der Waals surface area contributed by atoms with Gasteiger partial charge in [0.15, 0.2) is 0 Å². The molecule has 1 aliphatic rings. The predicted molar refractivity (Wildman–Crippen MR) is 117 cm³/mol. The Morgan fingerprint density at radius 2 is 1.62 bits per heavy atom. The third-order valence-electron chi connectivity index (χ3n) is 5.78. The summed E-state index contributed by atoms with van der Waals surface area (Å²) in [5, 5.41) is 6.66. The first-order valence-electron chi connectivity index (χ1n) is 10.8. The molecule has 4 rings (SSSR count). The van der Waals surface area contributed by atoms with Crippen molar-refractivity contribution in [1.29, 1.82) is 0 Å². The van der Waals surface area contributed by atoms with E-state index in [1.165, 1.54) is 24.3 Å². The van der Waals surface area contributed by atoms with Crippen molar-refractivity contribution in [1.82, 2.24) is 10.3 Å². The number of alkyl halides is 5. The Labute approximate surface area is 192 Å². The van der Waals surface area contributed by atoms with Crippen LogP contribution in [0.4, 0.5) is 27.6 Å². The van der Waals surface area contributed by atoms with E-state index in [-0.39, 0.29) is 28.9 Å². The molecule has 0 bridgehead atoms. The largest absolute Gasteiger partial charge is 0.434 e. The first-order valence-corrected chi connectivity index (χ1v) is 10.8. The van der Waals surface area contributed by atoms with E-state index in [2.05, 4.69) is 20.4 Å². The number of nitrogens with zero attached hydrogens (tertiary/aromatic N) is 1. The number of ether oxygens (including phenoxy) is 1. The van der Waals surface area contributed by atoms with Gasteiger partial charge in [0.25, 0.3) is 5.91 Å². The third kappa shape index (κ3) is 5.55. The van der Waals surface area contributed by atoms with E-state index in [1.54, 1.807) is 24.3 Å². The van der Waals surface area contributed by atoms with E-state index in [0.717, 1.165) is 6.07 Å². The summed E-state index contributed by atoms with van der Waals surface area (Å²) in [6.07, 6.45) is -2.18. The monoisotopic (exact) mass is 479 g/mol. The van der Waals surface area contributed by atoms with Crippen molar-refractivity contribution in [2.75, 3.05) is 5.32 Å². The van der Waals surface area contributed by atoms with Gasteiger partial charge in [-0.2, -0.15) is 22.0 Å². The normalized spacial score (nSPS) is 18.6. The highest BCUT2D eigenvalue weighted by atomic mass is 19.4. The van der Waals surface area contributed by atoms with E-state index < -0.39 is 24.4 Å². The molecular weight excluding hydrogens is 457 g/mol. The minimum absolute atomic E-state index is 0.0194. The molecule has 0 aliphatic heterocycles. The van der Waals surface area contributed by atoms with E-state index in [0.29, 0.717) is 36.8 Å². The second-order valence-corrected chi connectivity index (χ2v) is 8.11. The van der Waals surface area contributed by atoms with E-state index in [9.17, 15) is 26.7 Å². The molecule has 3 aromatic rings. The van der Waals surface area contributed by atoms with Crippen LogP contribution in [-0.2, 0) is 6.18 Å². The van der Waals surface area contributed by atoms with Crippen LogP contribution in [0.15, 0.2) is 54.6 Å². The number of pyridine rings is 1. The van der Waals surface area contributed by atoms with E-state index in [4.69, 9.17) is 0 Å². The molecule has 34 heavy (non-hydrogen) atoms. The first kappa shape index (κ1) is 23.7. The fourth-order valence-corrected chi connectivity index (χ4v) is 4.16. The lowest BCUT2D eigenvalue weighted by molar-refractivity contribution is -0.140. The second-order valence-electron chi connectivity index (χ2n) is 8.11. The Hall–Kier alpha value is -3.43. The molecule has 1 aromatic heterocycles. The van der Waals surface area contributed by atoms with E-state index >= 15 is 0 Å². The summed E-state index contributed by atoms with van der Waals surface area (Å²) in [5.74, 6) is -0.710. The summed E-state index contributed by atoms with van der Waals surface area (Å²) in [4.78, 5) is 16.3. The van der Waals surface area contributed by atoms with Gasteiger partial charge in [-0.1, -0.05) is 30.3 Å². The molecule has 10 heteroatoms. The molecule has 1 aliphatic carbocycles. The van der Waals surface area contributed by atoms with Crippen LogP contribution in [-0.4, -0.2) is 29.6 Å². The van der Waals surface area contributed by atoms with Gasteiger partial charge in [0.05, 0.1) is 11.1 Å². The zero-order valence-electron chi connectivity index (χ0n) is 17.9. The zero-order valence-corrected chi connectivity index (χ0v) is 17.9. The minimum atomic E-state index is -4.56.